The van der Waals surface area contributed by atoms with Gasteiger partial charge in [-0.25, -0.2) is 4.39 Å². The summed E-state index contributed by atoms with van der Waals surface area (Å²) in [7, 11) is 0. The van der Waals surface area contributed by atoms with Crippen molar-refractivity contribution in [1.29, 1.82) is 0 Å². The molecular formula is C13H11BrFNO. The van der Waals surface area contributed by atoms with E-state index in [0.717, 1.165) is 11.4 Å². The van der Waals surface area contributed by atoms with Gasteiger partial charge in [-0.2, -0.15) is 0 Å². The number of aromatic nitrogens is 1. The first-order valence-electron chi connectivity index (χ1n) is 5.13. The van der Waals surface area contributed by atoms with Crippen molar-refractivity contribution in [2.24, 2.45) is 0 Å². The molecule has 0 saturated heterocycles. The lowest BCUT2D eigenvalue weighted by molar-refractivity contribution is 0.440. The maximum atomic E-state index is 13.6. The first kappa shape index (κ1) is 12.0. The molecule has 2 nitrogen and oxygen atoms in total. The van der Waals surface area contributed by atoms with E-state index in [-0.39, 0.29) is 5.75 Å². The second-order valence-electron chi connectivity index (χ2n) is 3.76. The van der Waals surface area contributed by atoms with Crippen LogP contribution in [0.15, 0.2) is 34.8 Å². The summed E-state index contributed by atoms with van der Waals surface area (Å²) in [5.74, 6) is 0.404. The summed E-state index contributed by atoms with van der Waals surface area (Å²) < 4.78 is 19.7. The zero-order valence-corrected chi connectivity index (χ0v) is 11.1. The van der Waals surface area contributed by atoms with Gasteiger partial charge < -0.3 is 4.74 Å². The molecule has 0 unspecified atom stereocenters. The van der Waals surface area contributed by atoms with Crippen LogP contribution in [0.25, 0.3) is 0 Å². The summed E-state index contributed by atoms with van der Waals surface area (Å²) in [4.78, 5) is 4.23. The van der Waals surface area contributed by atoms with Crippen LogP contribution in [0.5, 0.6) is 11.5 Å². The molecule has 0 aliphatic heterocycles. The average Bonchev–Trinajstić information content (AvgIpc) is 2.21. The van der Waals surface area contributed by atoms with Gasteiger partial charge in [-0.15, -0.1) is 0 Å². The van der Waals surface area contributed by atoms with E-state index in [1.165, 1.54) is 6.07 Å². The number of benzene rings is 1. The van der Waals surface area contributed by atoms with Crippen molar-refractivity contribution >= 4 is 15.9 Å². The maximum Gasteiger partial charge on any atom is 0.166 e. The molecule has 0 fully saturated rings. The Hall–Kier alpha value is -1.42. The Balaban J connectivity index is 2.31. The van der Waals surface area contributed by atoms with Crippen molar-refractivity contribution in [2.75, 3.05) is 0 Å². The number of halogens is 2. The van der Waals surface area contributed by atoms with Crippen LogP contribution in [-0.2, 0) is 0 Å². The highest BCUT2D eigenvalue weighted by atomic mass is 79.9. The van der Waals surface area contributed by atoms with Crippen LogP contribution in [0.2, 0.25) is 0 Å². The minimum Gasteiger partial charge on any atom is -0.454 e. The van der Waals surface area contributed by atoms with Crippen molar-refractivity contribution in [3.8, 4) is 11.5 Å². The number of hydrogen-bond acceptors (Lipinski definition) is 2. The van der Waals surface area contributed by atoms with Gasteiger partial charge in [0.25, 0.3) is 0 Å². The van der Waals surface area contributed by atoms with E-state index >= 15 is 0 Å². The van der Waals surface area contributed by atoms with Crippen LogP contribution in [0, 0.1) is 19.7 Å². The van der Waals surface area contributed by atoms with Gasteiger partial charge in [0.05, 0.1) is 0 Å². The van der Waals surface area contributed by atoms with Crippen molar-refractivity contribution in [3.63, 3.8) is 0 Å². The first-order chi connectivity index (χ1) is 8.04. The van der Waals surface area contributed by atoms with E-state index in [2.05, 4.69) is 20.9 Å². The zero-order valence-electron chi connectivity index (χ0n) is 9.50. The number of rotatable bonds is 2. The molecule has 0 aliphatic rings. The lowest BCUT2D eigenvalue weighted by Crippen LogP contribution is -1.92. The van der Waals surface area contributed by atoms with Gasteiger partial charge in [0.15, 0.2) is 11.6 Å². The topological polar surface area (TPSA) is 22.1 Å². The summed E-state index contributed by atoms with van der Waals surface area (Å²) in [6, 6.07) is 8.24. The number of ether oxygens (including phenoxy) is 1. The largest absolute Gasteiger partial charge is 0.454 e. The van der Waals surface area contributed by atoms with Crippen LogP contribution >= 0.6 is 15.9 Å². The van der Waals surface area contributed by atoms with Gasteiger partial charge >= 0.3 is 0 Å². The highest BCUT2D eigenvalue weighted by Crippen LogP contribution is 2.27. The molecule has 0 N–H and O–H groups in total. The van der Waals surface area contributed by atoms with Crippen LogP contribution < -0.4 is 4.74 Å². The van der Waals surface area contributed by atoms with Crippen LogP contribution in [0.3, 0.4) is 0 Å². The third kappa shape index (κ3) is 3.03. The molecule has 0 bridgehead atoms. The van der Waals surface area contributed by atoms with Crippen LogP contribution in [-0.4, -0.2) is 4.98 Å². The van der Waals surface area contributed by atoms with Crippen LogP contribution in [0.4, 0.5) is 4.39 Å². The molecule has 88 valence electrons. The predicted octanol–water partition coefficient (Wildman–Crippen LogP) is 4.39. The highest BCUT2D eigenvalue weighted by molar-refractivity contribution is 9.10. The second kappa shape index (κ2) is 4.84. The van der Waals surface area contributed by atoms with Gasteiger partial charge in [0.2, 0.25) is 0 Å². The van der Waals surface area contributed by atoms with E-state index in [1.807, 2.05) is 13.8 Å². The summed E-state index contributed by atoms with van der Waals surface area (Å²) in [5, 5.41) is 0. The SMILES string of the molecule is Cc1cc(Oc2ccc(Br)cc2F)cc(C)n1. The van der Waals surface area contributed by atoms with Gasteiger partial charge in [0.1, 0.15) is 5.75 Å². The Bertz CT molecular complexity index is 537. The van der Waals surface area contributed by atoms with E-state index in [0.29, 0.717) is 10.2 Å². The number of nitrogens with zero attached hydrogens (tertiary/aromatic N) is 1. The second-order valence-corrected chi connectivity index (χ2v) is 4.68. The molecule has 1 aromatic heterocycles. The standard InChI is InChI=1S/C13H11BrFNO/c1-8-5-11(6-9(2)16-8)17-13-4-3-10(14)7-12(13)15/h3-7H,1-2H3. The van der Waals surface area contributed by atoms with Gasteiger partial charge in [-0.3, -0.25) is 4.98 Å². The molecular weight excluding hydrogens is 285 g/mol. The van der Waals surface area contributed by atoms with Gasteiger partial charge in [0, 0.05) is 28.0 Å². The molecule has 0 amide bonds. The van der Waals surface area contributed by atoms with Crippen molar-refractivity contribution in [3.05, 3.63) is 52.0 Å². The first-order valence-corrected chi connectivity index (χ1v) is 5.92. The smallest absolute Gasteiger partial charge is 0.166 e. The quantitative estimate of drug-likeness (QED) is 0.820. The van der Waals surface area contributed by atoms with E-state index in [9.17, 15) is 4.39 Å². The van der Waals surface area contributed by atoms with Gasteiger partial charge in [-0.1, -0.05) is 15.9 Å². The monoisotopic (exact) mass is 295 g/mol. The van der Waals surface area contributed by atoms with Crippen molar-refractivity contribution in [1.82, 2.24) is 4.98 Å². The summed E-state index contributed by atoms with van der Waals surface area (Å²) in [5.41, 5.74) is 1.69. The molecule has 0 atom stereocenters. The van der Waals surface area contributed by atoms with Crippen LogP contribution in [0.1, 0.15) is 11.4 Å². The summed E-state index contributed by atoms with van der Waals surface area (Å²) in [6.07, 6.45) is 0. The molecule has 0 aliphatic carbocycles. The Morgan fingerprint density at radius 2 is 1.76 bits per heavy atom. The normalized spacial score (nSPS) is 10.4. The van der Waals surface area contributed by atoms with Crippen molar-refractivity contribution in [2.45, 2.75) is 13.8 Å². The highest BCUT2D eigenvalue weighted by Gasteiger charge is 2.06. The third-order valence-corrected chi connectivity index (χ3v) is 2.67. The molecule has 4 heteroatoms. The summed E-state index contributed by atoms with van der Waals surface area (Å²) >= 11 is 3.20. The molecule has 1 aromatic carbocycles. The number of hydrogen-bond donors (Lipinski definition) is 0. The Labute approximate surface area is 108 Å². The van der Waals surface area contributed by atoms with E-state index < -0.39 is 5.82 Å². The minimum atomic E-state index is -0.397. The molecule has 2 aromatic rings. The van der Waals surface area contributed by atoms with Gasteiger partial charge in [-0.05, 0) is 32.0 Å². The fourth-order valence-corrected chi connectivity index (χ4v) is 1.87. The fraction of sp³-hybridized carbons (Fsp3) is 0.154. The molecule has 2 rings (SSSR count). The van der Waals surface area contributed by atoms with E-state index in [4.69, 9.17) is 4.74 Å². The van der Waals surface area contributed by atoms with E-state index in [1.54, 1.807) is 24.3 Å². The van der Waals surface area contributed by atoms with Crippen molar-refractivity contribution < 1.29 is 9.13 Å². The number of pyridine rings is 1. The molecule has 1 heterocycles. The molecule has 0 saturated carbocycles. The minimum absolute atomic E-state index is 0.207. The molecule has 17 heavy (non-hydrogen) atoms. The zero-order chi connectivity index (χ0) is 12.4. The third-order valence-electron chi connectivity index (χ3n) is 2.18. The lowest BCUT2D eigenvalue weighted by atomic mass is 10.3. The fourth-order valence-electron chi connectivity index (χ4n) is 1.54. The molecule has 0 spiro atoms. The maximum absolute atomic E-state index is 13.6. The Morgan fingerprint density at radius 1 is 1.12 bits per heavy atom. The predicted molar refractivity (Wildman–Crippen MR) is 67.9 cm³/mol. The molecule has 0 radical (unpaired) electrons. The Kier molecular flexibility index (Phi) is 3.43. The average molecular weight is 296 g/mol. The number of aryl methyl sites for hydroxylation is 2. The lowest BCUT2D eigenvalue weighted by Gasteiger charge is -2.08. The Morgan fingerprint density at radius 3 is 2.35 bits per heavy atom. The summed E-state index contributed by atoms with van der Waals surface area (Å²) in [6.45, 7) is 3.75.